The van der Waals surface area contributed by atoms with Crippen molar-refractivity contribution in [3.8, 4) is 5.88 Å². The Bertz CT molecular complexity index is 459. The molecule has 0 aliphatic carbocycles. The zero-order valence-corrected chi connectivity index (χ0v) is 9.36. The summed E-state index contributed by atoms with van der Waals surface area (Å²) in [6.07, 6.45) is 1.83. The minimum absolute atomic E-state index is 0. The zero-order valence-electron chi connectivity index (χ0n) is 8.61. The maximum atomic E-state index is 5.29. The monoisotopic (exact) mass is 225 g/mol. The van der Waals surface area contributed by atoms with E-state index < -0.39 is 0 Å². The topological polar surface area (TPSA) is 22.3 Å². The van der Waals surface area contributed by atoms with Crippen LogP contribution in [0.25, 0.3) is 10.8 Å². The van der Waals surface area contributed by atoms with Crippen molar-refractivity contribution in [3.63, 3.8) is 0 Å². The van der Waals surface area contributed by atoms with E-state index in [0.717, 1.165) is 10.8 Å². The Kier molecular flexibility index (Phi) is 3.74. The van der Waals surface area contributed by atoms with Crippen LogP contribution in [-0.2, 0) is 0 Å². The van der Waals surface area contributed by atoms with Crippen molar-refractivity contribution in [2.75, 3.05) is 14.2 Å². The molecule has 4 heteroatoms. The van der Waals surface area contributed by atoms with Crippen LogP contribution in [0.4, 0.5) is 0 Å². The molecule has 1 heterocycles. The zero-order chi connectivity index (χ0) is 9.97. The highest BCUT2D eigenvalue weighted by molar-refractivity contribution is 5.85. The maximum absolute atomic E-state index is 5.29. The van der Waals surface area contributed by atoms with Crippen molar-refractivity contribution in [2.24, 2.45) is 0 Å². The van der Waals surface area contributed by atoms with Gasteiger partial charge in [-0.15, -0.1) is 0 Å². The van der Waals surface area contributed by atoms with Crippen LogP contribution < -0.4 is 26.7 Å². The van der Waals surface area contributed by atoms with E-state index in [9.17, 15) is 0 Å². The van der Waals surface area contributed by atoms with Crippen molar-refractivity contribution >= 4 is 10.8 Å². The second kappa shape index (κ2) is 4.84. The van der Waals surface area contributed by atoms with E-state index in [-0.39, 0.29) is 12.4 Å². The predicted molar refractivity (Wildman–Crippen MR) is 53.2 cm³/mol. The van der Waals surface area contributed by atoms with Crippen molar-refractivity contribution in [2.45, 2.75) is 0 Å². The Hall–Kier alpha value is -1.48. The fourth-order valence-electron chi connectivity index (χ4n) is 1.52. The van der Waals surface area contributed by atoms with E-state index in [0.29, 0.717) is 5.88 Å². The van der Waals surface area contributed by atoms with E-state index >= 15 is 0 Å². The second-order valence-corrected chi connectivity index (χ2v) is 2.92. The van der Waals surface area contributed by atoms with Crippen LogP contribution >= 0.6 is 0 Å². The number of ether oxygens (including phenoxy) is 1. The number of nitrogens with zero attached hydrogens (tertiary/aromatic N) is 1. The number of hydrogen-bond acceptors (Lipinski definition) is 2. The van der Waals surface area contributed by atoms with Crippen molar-refractivity contribution in [3.05, 3.63) is 36.5 Å². The Morgan fingerprint density at radius 1 is 1.07 bits per heavy atom. The fourth-order valence-corrected chi connectivity index (χ4v) is 1.52. The van der Waals surface area contributed by atoms with Crippen LogP contribution in [0.15, 0.2) is 36.5 Å². The van der Waals surface area contributed by atoms with Crippen LogP contribution in [0, 0.1) is 0 Å². The number of pyridine rings is 1. The van der Waals surface area contributed by atoms with Gasteiger partial charge in [0.05, 0.1) is 12.5 Å². The van der Waals surface area contributed by atoms with Gasteiger partial charge in [0.25, 0.3) is 0 Å². The van der Waals surface area contributed by atoms with Gasteiger partial charge in [-0.3, -0.25) is 4.84 Å². The van der Waals surface area contributed by atoms with Gasteiger partial charge in [-0.25, -0.2) is 0 Å². The predicted octanol–water partition coefficient (Wildman–Crippen LogP) is -1.80. The molecule has 2 rings (SSSR count). The Morgan fingerprint density at radius 3 is 2.47 bits per heavy atom. The largest absolute Gasteiger partial charge is 1.00 e. The highest BCUT2D eigenvalue weighted by Crippen LogP contribution is 2.20. The van der Waals surface area contributed by atoms with Crippen molar-refractivity contribution in [1.82, 2.24) is 0 Å². The molecule has 15 heavy (non-hydrogen) atoms. The molecule has 0 amide bonds. The minimum Gasteiger partial charge on any atom is -1.00 e. The first-order chi connectivity index (χ1) is 6.86. The molecule has 0 bridgehead atoms. The molecule has 0 aliphatic heterocycles. The van der Waals surface area contributed by atoms with Gasteiger partial charge >= 0.3 is 5.88 Å². The highest BCUT2D eigenvalue weighted by Gasteiger charge is 2.15. The molecule has 80 valence electrons. The van der Waals surface area contributed by atoms with E-state index in [4.69, 9.17) is 9.57 Å². The van der Waals surface area contributed by atoms with E-state index in [2.05, 4.69) is 0 Å². The molecule has 0 spiro atoms. The Labute approximate surface area is 94.6 Å². The fraction of sp³-hybridized carbons (Fsp3) is 0.182. The first-order valence-electron chi connectivity index (χ1n) is 4.38. The summed E-state index contributed by atoms with van der Waals surface area (Å²) in [5, 5.41) is 2.18. The summed E-state index contributed by atoms with van der Waals surface area (Å²) in [4.78, 5) is 5.14. The van der Waals surface area contributed by atoms with Gasteiger partial charge in [-0.05, 0) is 11.5 Å². The first-order valence-corrected chi connectivity index (χ1v) is 4.38. The van der Waals surface area contributed by atoms with E-state index in [1.807, 2.05) is 36.5 Å². The third-order valence-electron chi connectivity index (χ3n) is 2.17. The summed E-state index contributed by atoms with van der Waals surface area (Å²) in [5.74, 6) is 0.714. The number of hydrogen-bond donors (Lipinski definition) is 0. The molecule has 1 aromatic carbocycles. The molecule has 0 N–H and O–H groups in total. The molecule has 0 unspecified atom stereocenters. The van der Waals surface area contributed by atoms with Crippen LogP contribution in [0.3, 0.4) is 0 Å². The molecule has 0 radical (unpaired) electrons. The summed E-state index contributed by atoms with van der Waals surface area (Å²) in [5.41, 5.74) is 0. The maximum Gasteiger partial charge on any atom is 0.424 e. The number of methoxy groups -OCH3 is 1. The highest BCUT2D eigenvalue weighted by atomic mass is 35.5. The average Bonchev–Trinajstić information content (AvgIpc) is 2.27. The van der Waals surface area contributed by atoms with Crippen LogP contribution in [0.2, 0.25) is 0 Å². The summed E-state index contributed by atoms with van der Waals surface area (Å²) >= 11 is 0. The van der Waals surface area contributed by atoms with Gasteiger partial charge in [0.2, 0.25) is 6.20 Å². The average molecular weight is 226 g/mol. The quantitative estimate of drug-likeness (QED) is 0.563. The normalized spacial score (nSPS) is 9.47. The number of halogens is 1. The van der Waals surface area contributed by atoms with Gasteiger partial charge in [0.15, 0.2) is 0 Å². The number of aromatic nitrogens is 1. The molecular formula is C11H12ClNO2. The molecule has 2 aromatic rings. The molecule has 1 aromatic heterocycles. The Balaban J connectivity index is 0.00000112. The summed E-state index contributed by atoms with van der Waals surface area (Å²) in [6, 6.07) is 10.0. The van der Waals surface area contributed by atoms with Gasteiger partial charge in [0.1, 0.15) is 7.11 Å². The molecule has 0 atom stereocenters. The van der Waals surface area contributed by atoms with Gasteiger partial charge in [0, 0.05) is 10.8 Å². The first kappa shape index (κ1) is 11.6. The second-order valence-electron chi connectivity index (χ2n) is 2.92. The lowest BCUT2D eigenvalue weighted by molar-refractivity contribution is -0.886. The number of fused-ring (bicyclic) bond motifs is 1. The molecule has 3 nitrogen and oxygen atoms in total. The molecule has 0 saturated carbocycles. The standard InChI is InChI=1S/C11H12NO2.ClH/c1-13-11-10-6-4-3-5-9(10)7-8-12(11)14-2;/h3-8H,1-2H3;1H/q+1;/p-1. The third kappa shape index (κ3) is 1.97. The van der Waals surface area contributed by atoms with Gasteiger partial charge in [-0.2, -0.15) is 0 Å². The lowest BCUT2D eigenvalue weighted by atomic mass is 10.2. The van der Waals surface area contributed by atoms with Crippen LogP contribution in [0.5, 0.6) is 5.88 Å². The summed E-state index contributed by atoms with van der Waals surface area (Å²) < 4.78 is 6.89. The van der Waals surface area contributed by atoms with Gasteiger partial charge in [-0.1, -0.05) is 18.2 Å². The minimum atomic E-state index is 0. The third-order valence-corrected chi connectivity index (χ3v) is 2.17. The SMILES string of the molecule is COc1c2ccccc2cc[n+]1OC.[Cl-]. The molecule has 0 saturated heterocycles. The van der Waals surface area contributed by atoms with Crippen molar-refractivity contribution in [1.29, 1.82) is 0 Å². The van der Waals surface area contributed by atoms with Crippen molar-refractivity contribution < 1.29 is 26.7 Å². The molecule has 0 aliphatic rings. The smallest absolute Gasteiger partial charge is 0.424 e. The molecule has 0 fully saturated rings. The summed E-state index contributed by atoms with van der Waals surface area (Å²) in [6.45, 7) is 0. The Morgan fingerprint density at radius 2 is 1.80 bits per heavy atom. The molecular weight excluding hydrogens is 214 g/mol. The van der Waals surface area contributed by atoms with E-state index in [1.165, 1.54) is 0 Å². The summed E-state index contributed by atoms with van der Waals surface area (Å²) in [7, 11) is 3.24. The number of benzene rings is 1. The van der Waals surface area contributed by atoms with Crippen LogP contribution in [0.1, 0.15) is 0 Å². The van der Waals surface area contributed by atoms with Crippen LogP contribution in [-0.4, -0.2) is 14.2 Å². The van der Waals surface area contributed by atoms with Gasteiger partial charge < -0.3 is 17.1 Å². The number of rotatable bonds is 2. The lowest BCUT2D eigenvalue weighted by Gasteiger charge is -2.01. The lowest BCUT2D eigenvalue weighted by Crippen LogP contribution is -3.00. The van der Waals surface area contributed by atoms with E-state index in [1.54, 1.807) is 19.0 Å².